The van der Waals surface area contributed by atoms with E-state index < -0.39 is 0 Å². The number of aryl methyl sites for hydroxylation is 1. The summed E-state index contributed by atoms with van der Waals surface area (Å²) in [6, 6.07) is 16.7. The van der Waals surface area contributed by atoms with Crippen molar-refractivity contribution in [3.05, 3.63) is 82.8 Å². The molecule has 0 saturated carbocycles. The molecule has 2 aromatic carbocycles. The Morgan fingerprint density at radius 1 is 0.950 bits per heavy atom. The first kappa shape index (κ1) is 13.9. The van der Waals surface area contributed by atoms with Gasteiger partial charge >= 0.3 is 0 Å². The number of rotatable bonds is 6. The second kappa shape index (κ2) is 7.17. The van der Waals surface area contributed by atoms with E-state index in [1.807, 2.05) is 18.2 Å². The van der Waals surface area contributed by atoms with E-state index in [4.69, 9.17) is 5.53 Å². The fourth-order valence-electron chi connectivity index (χ4n) is 2.05. The third kappa shape index (κ3) is 3.74. The molecule has 0 amide bonds. The fourth-order valence-corrected chi connectivity index (χ4v) is 2.05. The number of allylic oxidation sites excluding steroid dienone is 1. The van der Waals surface area contributed by atoms with Crippen molar-refractivity contribution in [3.63, 3.8) is 0 Å². The molecule has 100 valence electrons. The van der Waals surface area contributed by atoms with Gasteiger partial charge in [-0.05, 0) is 40.6 Å². The van der Waals surface area contributed by atoms with Crippen LogP contribution in [-0.2, 0) is 13.0 Å². The maximum absolute atomic E-state index is 8.30. The molecule has 0 unspecified atom stereocenters. The van der Waals surface area contributed by atoms with Crippen molar-refractivity contribution >= 4 is 0 Å². The zero-order chi connectivity index (χ0) is 14.2. The Kier molecular flexibility index (Phi) is 4.99. The summed E-state index contributed by atoms with van der Waals surface area (Å²) in [5.41, 5.74) is 13.0. The van der Waals surface area contributed by atoms with Gasteiger partial charge in [-0.15, -0.1) is 6.58 Å². The van der Waals surface area contributed by atoms with Crippen molar-refractivity contribution in [2.24, 2.45) is 5.11 Å². The van der Waals surface area contributed by atoms with Crippen molar-refractivity contribution in [2.45, 2.75) is 19.4 Å². The van der Waals surface area contributed by atoms with Gasteiger partial charge in [0.05, 0.1) is 6.54 Å². The Morgan fingerprint density at radius 3 is 2.00 bits per heavy atom. The SMILES string of the molecule is C=CCCc1ccc(-c2ccc(CN=[N+]=[N-])cc2)cc1. The van der Waals surface area contributed by atoms with Crippen molar-refractivity contribution in [3.8, 4) is 11.1 Å². The molecule has 0 aliphatic heterocycles. The molecule has 0 aromatic heterocycles. The predicted octanol–water partition coefficient (Wildman–Crippen LogP) is 5.28. The lowest BCUT2D eigenvalue weighted by Crippen LogP contribution is -1.85. The minimum atomic E-state index is 0.400. The topological polar surface area (TPSA) is 48.8 Å². The van der Waals surface area contributed by atoms with Gasteiger partial charge in [0, 0.05) is 4.91 Å². The summed E-state index contributed by atoms with van der Waals surface area (Å²) in [5.74, 6) is 0. The molecule has 0 aliphatic rings. The van der Waals surface area contributed by atoms with Crippen LogP contribution in [0.2, 0.25) is 0 Å². The molecule has 0 spiro atoms. The molecule has 0 atom stereocenters. The van der Waals surface area contributed by atoms with Crippen LogP contribution in [0, 0.1) is 0 Å². The molecule has 2 rings (SSSR count). The van der Waals surface area contributed by atoms with E-state index in [2.05, 4.69) is 53.0 Å². The standard InChI is InChI=1S/C17H17N3/c1-2-3-4-14-5-9-16(10-6-14)17-11-7-15(8-12-17)13-19-20-18/h2,5-12H,1,3-4,13H2. The number of hydrogen-bond acceptors (Lipinski definition) is 1. The highest BCUT2D eigenvalue weighted by Gasteiger charge is 1.99. The maximum atomic E-state index is 8.30. The van der Waals surface area contributed by atoms with Gasteiger partial charge < -0.3 is 0 Å². The summed E-state index contributed by atoms with van der Waals surface area (Å²) in [5, 5.41) is 3.56. The molecule has 3 heteroatoms. The monoisotopic (exact) mass is 263 g/mol. The molecule has 0 bridgehead atoms. The molecule has 0 aliphatic carbocycles. The van der Waals surface area contributed by atoms with E-state index in [1.165, 1.54) is 16.7 Å². The molecule has 0 radical (unpaired) electrons. The van der Waals surface area contributed by atoms with E-state index >= 15 is 0 Å². The lowest BCUT2D eigenvalue weighted by molar-refractivity contribution is 1.00. The van der Waals surface area contributed by atoms with Gasteiger partial charge in [0.2, 0.25) is 0 Å². The van der Waals surface area contributed by atoms with Crippen LogP contribution in [0.25, 0.3) is 21.6 Å². The molecular formula is C17H17N3. The molecule has 0 fully saturated rings. The third-order valence-electron chi connectivity index (χ3n) is 3.19. The number of benzene rings is 2. The molecule has 0 heterocycles. The third-order valence-corrected chi connectivity index (χ3v) is 3.19. The van der Waals surface area contributed by atoms with Gasteiger partial charge in [0.1, 0.15) is 0 Å². The van der Waals surface area contributed by atoms with E-state index in [0.29, 0.717) is 6.54 Å². The second-order valence-corrected chi connectivity index (χ2v) is 4.61. The van der Waals surface area contributed by atoms with Crippen LogP contribution in [0.1, 0.15) is 17.5 Å². The Morgan fingerprint density at radius 2 is 1.50 bits per heavy atom. The lowest BCUT2D eigenvalue weighted by atomic mass is 10.0. The smallest absolute Gasteiger partial charge is 0.0510 e. The maximum Gasteiger partial charge on any atom is 0.0510 e. The first-order valence-electron chi connectivity index (χ1n) is 6.63. The van der Waals surface area contributed by atoms with Crippen LogP contribution in [0.15, 0.2) is 66.3 Å². The Bertz CT molecular complexity index is 606. The van der Waals surface area contributed by atoms with Gasteiger partial charge in [-0.25, -0.2) is 0 Å². The van der Waals surface area contributed by atoms with Crippen molar-refractivity contribution < 1.29 is 0 Å². The Balaban J connectivity index is 2.10. The number of hydrogen-bond donors (Lipinski definition) is 0. The molecule has 2 aromatic rings. The molecular weight excluding hydrogens is 246 g/mol. The summed E-state index contributed by atoms with van der Waals surface area (Å²) in [4.78, 5) is 2.76. The minimum absolute atomic E-state index is 0.400. The number of azide groups is 1. The van der Waals surface area contributed by atoms with Gasteiger partial charge in [0.25, 0.3) is 0 Å². The normalized spacial score (nSPS) is 9.80. The second-order valence-electron chi connectivity index (χ2n) is 4.61. The molecule has 3 nitrogen and oxygen atoms in total. The van der Waals surface area contributed by atoms with Gasteiger partial charge in [-0.3, -0.25) is 0 Å². The molecule has 0 N–H and O–H groups in total. The van der Waals surface area contributed by atoms with Gasteiger partial charge in [0.15, 0.2) is 0 Å². The van der Waals surface area contributed by atoms with Crippen LogP contribution in [0.3, 0.4) is 0 Å². The largest absolute Gasteiger partial charge is 0.103 e. The zero-order valence-corrected chi connectivity index (χ0v) is 11.4. The summed E-state index contributed by atoms with van der Waals surface area (Å²) in [6.07, 6.45) is 3.98. The molecule has 20 heavy (non-hydrogen) atoms. The predicted molar refractivity (Wildman–Crippen MR) is 83.2 cm³/mol. The lowest BCUT2D eigenvalue weighted by Gasteiger charge is -2.05. The fraction of sp³-hybridized carbons (Fsp3) is 0.176. The number of nitrogens with zero attached hydrogens (tertiary/aromatic N) is 3. The highest BCUT2D eigenvalue weighted by atomic mass is 15.1. The average Bonchev–Trinajstić information content (AvgIpc) is 2.52. The van der Waals surface area contributed by atoms with Crippen molar-refractivity contribution in [2.75, 3.05) is 0 Å². The first-order valence-corrected chi connectivity index (χ1v) is 6.63. The van der Waals surface area contributed by atoms with Crippen molar-refractivity contribution in [1.29, 1.82) is 0 Å². The van der Waals surface area contributed by atoms with Crippen LogP contribution in [0.5, 0.6) is 0 Å². The van der Waals surface area contributed by atoms with Crippen molar-refractivity contribution in [1.82, 2.24) is 0 Å². The van der Waals surface area contributed by atoms with E-state index in [-0.39, 0.29) is 0 Å². The minimum Gasteiger partial charge on any atom is -0.103 e. The zero-order valence-electron chi connectivity index (χ0n) is 11.4. The van der Waals surface area contributed by atoms with E-state index in [0.717, 1.165) is 18.4 Å². The van der Waals surface area contributed by atoms with Gasteiger partial charge in [-0.2, -0.15) is 0 Å². The Hall–Kier alpha value is -2.51. The van der Waals surface area contributed by atoms with E-state index in [9.17, 15) is 0 Å². The summed E-state index contributed by atoms with van der Waals surface area (Å²) in [7, 11) is 0. The first-order chi connectivity index (χ1) is 9.83. The quantitative estimate of drug-likeness (QED) is 0.294. The summed E-state index contributed by atoms with van der Waals surface area (Å²) in [6.45, 7) is 4.14. The summed E-state index contributed by atoms with van der Waals surface area (Å²) < 4.78 is 0. The Labute approximate surface area is 119 Å². The van der Waals surface area contributed by atoms with Crippen LogP contribution < -0.4 is 0 Å². The highest BCUT2D eigenvalue weighted by Crippen LogP contribution is 2.21. The average molecular weight is 263 g/mol. The molecule has 0 saturated heterocycles. The van der Waals surface area contributed by atoms with Crippen LogP contribution >= 0.6 is 0 Å². The summed E-state index contributed by atoms with van der Waals surface area (Å²) >= 11 is 0. The van der Waals surface area contributed by atoms with Crippen LogP contribution in [0.4, 0.5) is 0 Å². The highest BCUT2D eigenvalue weighted by molar-refractivity contribution is 5.63. The van der Waals surface area contributed by atoms with Gasteiger partial charge in [-0.1, -0.05) is 59.7 Å². The van der Waals surface area contributed by atoms with Crippen LogP contribution in [-0.4, -0.2) is 0 Å². The van der Waals surface area contributed by atoms with E-state index in [1.54, 1.807) is 0 Å².